The summed E-state index contributed by atoms with van der Waals surface area (Å²) < 4.78 is 18.1. The van der Waals surface area contributed by atoms with Crippen molar-refractivity contribution in [3.05, 3.63) is 76.1 Å². The molecule has 6 heteroatoms. The fraction of sp³-hybridized carbons (Fsp3) is 0.250. The monoisotopic (exact) mass is 405 g/mol. The molecule has 0 spiro atoms. The minimum absolute atomic E-state index is 0.206. The maximum Gasteiger partial charge on any atom is 0.338 e. The molecule has 0 radical (unpaired) electrons. The van der Waals surface area contributed by atoms with Crippen molar-refractivity contribution in [3.63, 3.8) is 0 Å². The first-order chi connectivity index (χ1) is 14.4. The van der Waals surface area contributed by atoms with Gasteiger partial charge in [0.2, 0.25) is 12.6 Å². The Labute approximate surface area is 175 Å². The number of aryl methyl sites for hydroxylation is 2. The Hall–Kier alpha value is -3.54. The van der Waals surface area contributed by atoms with Crippen LogP contribution in [-0.2, 0) is 4.74 Å². The fourth-order valence-corrected chi connectivity index (χ4v) is 3.73. The minimum Gasteiger partial charge on any atom is -0.454 e. The Bertz CT molecular complexity index is 1160. The van der Waals surface area contributed by atoms with E-state index in [9.17, 15) is 9.59 Å². The molecule has 0 fully saturated rings. The summed E-state index contributed by atoms with van der Waals surface area (Å²) in [5.74, 6) is 0.647. The number of Topliss-reactive ketones (excluding diaryl/α,β-unsaturated/α-hetero) is 1. The zero-order valence-corrected chi connectivity index (χ0v) is 17.4. The van der Waals surface area contributed by atoms with Crippen molar-refractivity contribution in [2.75, 3.05) is 13.4 Å². The molecule has 0 N–H and O–H groups in total. The SMILES string of the molecule is Cc1cccc(C(=O)OCC(=O)c2cc(C)n(-c3ccc4c(c3)OCO4)c2C)c1C. The third-order valence-corrected chi connectivity index (χ3v) is 5.50. The number of carbonyl (C=O) groups excluding carboxylic acids is 2. The number of hydrogen-bond acceptors (Lipinski definition) is 5. The molecule has 1 aliphatic rings. The molecular weight excluding hydrogens is 382 g/mol. The summed E-state index contributed by atoms with van der Waals surface area (Å²) in [6.07, 6.45) is 0. The molecule has 2 heterocycles. The maximum absolute atomic E-state index is 12.8. The molecular formula is C24H23NO5. The molecule has 0 saturated heterocycles. The lowest BCUT2D eigenvalue weighted by atomic mass is 10.0. The number of aromatic nitrogens is 1. The summed E-state index contributed by atoms with van der Waals surface area (Å²) >= 11 is 0. The van der Waals surface area contributed by atoms with Gasteiger partial charge < -0.3 is 18.8 Å². The average Bonchev–Trinajstić information content (AvgIpc) is 3.31. The van der Waals surface area contributed by atoms with Crippen molar-refractivity contribution < 1.29 is 23.8 Å². The first-order valence-corrected chi connectivity index (χ1v) is 9.72. The van der Waals surface area contributed by atoms with Crippen LogP contribution in [0.3, 0.4) is 0 Å². The van der Waals surface area contributed by atoms with Crippen LogP contribution in [0.25, 0.3) is 5.69 Å². The Balaban J connectivity index is 1.53. The van der Waals surface area contributed by atoms with Gasteiger partial charge in [0.25, 0.3) is 0 Å². The molecule has 0 saturated carbocycles. The number of rotatable bonds is 5. The van der Waals surface area contributed by atoms with E-state index in [1.807, 2.05) is 62.6 Å². The normalized spacial score (nSPS) is 12.1. The number of esters is 1. The predicted molar refractivity (Wildman–Crippen MR) is 112 cm³/mol. The van der Waals surface area contributed by atoms with E-state index in [0.717, 1.165) is 28.2 Å². The third-order valence-electron chi connectivity index (χ3n) is 5.50. The topological polar surface area (TPSA) is 66.8 Å². The number of nitrogens with zero attached hydrogens (tertiary/aromatic N) is 1. The lowest BCUT2D eigenvalue weighted by Crippen LogP contribution is -2.16. The lowest BCUT2D eigenvalue weighted by Gasteiger charge is -2.11. The van der Waals surface area contributed by atoms with Crippen LogP contribution in [0.2, 0.25) is 0 Å². The molecule has 0 atom stereocenters. The van der Waals surface area contributed by atoms with Crippen molar-refractivity contribution in [3.8, 4) is 17.2 Å². The Kier molecular flexibility index (Phi) is 5.08. The van der Waals surface area contributed by atoms with E-state index in [2.05, 4.69) is 0 Å². The third kappa shape index (κ3) is 3.45. The van der Waals surface area contributed by atoms with Crippen LogP contribution in [-0.4, -0.2) is 29.7 Å². The standard InChI is InChI=1S/C24H23NO5/c1-14-6-5-7-19(16(14)3)24(27)28-12-21(26)20-10-15(2)25(17(20)4)18-8-9-22-23(11-18)30-13-29-22/h5-11H,12-13H2,1-4H3. The van der Waals surface area contributed by atoms with E-state index in [1.54, 1.807) is 12.1 Å². The molecule has 0 unspecified atom stereocenters. The molecule has 4 rings (SSSR count). The van der Waals surface area contributed by atoms with Crippen LogP contribution < -0.4 is 9.47 Å². The van der Waals surface area contributed by atoms with E-state index in [4.69, 9.17) is 14.2 Å². The summed E-state index contributed by atoms with van der Waals surface area (Å²) in [5, 5.41) is 0. The van der Waals surface area contributed by atoms with Gasteiger partial charge in [-0.2, -0.15) is 0 Å². The predicted octanol–water partition coefficient (Wildman–Crippen LogP) is 4.48. The quantitative estimate of drug-likeness (QED) is 0.463. The van der Waals surface area contributed by atoms with Gasteiger partial charge in [-0.15, -0.1) is 0 Å². The van der Waals surface area contributed by atoms with Crippen LogP contribution in [0.5, 0.6) is 11.5 Å². The Morgan fingerprint density at radius 3 is 2.53 bits per heavy atom. The van der Waals surface area contributed by atoms with Crippen LogP contribution in [0.15, 0.2) is 42.5 Å². The lowest BCUT2D eigenvalue weighted by molar-refractivity contribution is 0.0473. The van der Waals surface area contributed by atoms with Crippen LogP contribution in [0.1, 0.15) is 43.2 Å². The summed E-state index contributed by atoms with van der Waals surface area (Å²) in [6.45, 7) is 7.50. The van der Waals surface area contributed by atoms with Crippen LogP contribution >= 0.6 is 0 Å². The molecule has 1 aromatic heterocycles. The number of ketones is 1. The first-order valence-electron chi connectivity index (χ1n) is 9.72. The van der Waals surface area contributed by atoms with E-state index in [-0.39, 0.29) is 19.2 Å². The zero-order valence-electron chi connectivity index (χ0n) is 17.4. The van der Waals surface area contributed by atoms with Crippen molar-refractivity contribution >= 4 is 11.8 Å². The minimum atomic E-state index is -0.492. The van der Waals surface area contributed by atoms with Crippen molar-refractivity contribution in [2.24, 2.45) is 0 Å². The number of benzene rings is 2. The average molecular weight is 405 g/mol. The molecule has 30 heavy (non-hydrogen) atoms. The van der Waals surface area contributed by atoms with E-state index >= 15 is 0 Å². The molecule has 0 amide bonds. The molecule has 154 valence electrons. The molecule has 2 aromatic carbocycles. The highest BCUT2D eigenvalue weighted by molar-refractivity contribution is 6.01. The summed E-state index contributed by atoms with van der Waals surface area (Å²) in [7, 11) is 0. The van der Waals surface area contributed by atoms with Gasteiger partial charge >= 0.3 is 5.97 Å². The van der Waals surface area contributed by atoms with Gasteiger partial charge in [-0.1, -0.05) is 12.1 Å². The summed E-state index contributed by atoms with van der Waals surface area (Å²) in [4.78, 5) is 25.2. The zero-order chi connectivity index (χ0) is 21.4. The summed E-state index contributed by atoms with van der Waals surface area (Å²) in [5.41, 5.74) is 5.42. The highest BCUT2D eigenvalue weighted by atomic mass is 16.7. The highest BCUT2D eigenvalue weighted by Crippen LogP contribution is 2.35. The first kappa shape index (κ1) is 19.8. The second-order valence-corrected chi connectivity index (χ2v) is 7.40. The van der Waals surface area contributed by atoms with E-state index in [1.165, 1.54) is 0 Å². The Morgan fingerprint density at radius 1 is 0.967 bits per heavy atom. The van der Waals surface area contributed by atoms with Gasteiger partial charge in [-0.25, -0.2) is 4.79 Å². The second kappa shape index (κ2) is 7.71. The number of carbonyl (C=O) groups is 2. The maximum atomic E-state index is 12.8. The number of ether oxygens (including phenoxy) is 3. The summed E-state index contributed by atoms with van der Waals surface area (Å²) in [6, 6.07) is 12.9. The van der Waals surface area contributed by atoms with E-state index < -0.39 is 5.97 Å². The van der Waals surface area contributed by atoms with Crippen molar-refractivity contribution in [1.29, 1.82) is 0 Å². The van der Waals surface area contributed by atoms with Crippen LogP contribution in [0.4, 0.5) is 0 Å². The van der Waals surface area contributed by atoms with Gasteiger partial charge in [0, 0.05) is 28.7 Å². The van der Waals surface area contributed by atoms with Gasteiger partial charge in [-0.3, -0.25) is 4.79 Å². The molecule has 3 aromatic rings. The molecule has 6 nitrogen and oxygen atoms in total. The Morgan fingerprint density at radius 2 is 1.73 bits per heavy atom. The van der Waals surface area contributed by atoms with Crippen molar-refractivity contribution in [1.82, 2.24) is 4.57 Å². The largest absolute Gasteiger partial charge is 0.454 e. The van der Waals surface area contributed by atoms with E-state index in [0.29, 0.717) is 22.6 Å². The number of fused-ring (bicyclic) bond motifs is 1. The molecule has 1 aliphatic heterocycles. The van der Waals surface area contributed by atoms with Crippen LogP contribution in [0, 0.1) is 27.7 Å². The fourth-order valence-electron chi connectivity index (χ4n) is 3.73. The van der Waals surface area contributed by atoms with Crippen molar-refractivity contribution in [2.45, 2.75) is 27.7 Å². The van der Waals surface area contributed by atoms with Gasteiger partial charge in [-0.05, 0) is 63.1 Å². The molecule has 0 aliphatic carbocycles. The van der Waals surface area contributed by atoms with Gasteiger partial charge in [0.1, 0.15) is 0 Å². The highest BCUT2D eigenvalue weighted by Gasteiger charge is 2.21. The van der Waals surface area contributed by atoms with Gasteiger partial charge in [0.05, 0.1) is 5.56 Å². The number of hydrogen-bond donors (Lipinski definition) is 0. The van der Waals surface area contributed by atoms with Gasteiger partial charge in [0.15, 0.2) is 18.1 Å². The second-order valence-electron chi connectivity index (χ2n) is 7.40. The molecule has 0 bridgehead atoms. The smallest absolute Gasteiger partial charge is 0.338 e.